The van der Waals surface area contributed by atoms with E-state index in [4.69, 9.17) is 5.14 Å². The van der Waals surface area contributed by atoms with E-state index in [2.05, 4.69) is 6.92 Å². The summed E-state index contributed by atoms with van der Waals surface area (Å²) in [5.41, 5.74) is 1.19. The summed E-state index contributed by atoms with van der Waals surface area (Å²) in [5, 5.41) is 5.12. The minimum absolute atomic E-state index is 0.0160. The molecule has 0 aromatic heterocycles. The summed E-state index contributed by atoms with van der Waals surface area (Å²) in [7, 11) is -3.79. The number of sulfonamides is 1. The lowest BCUT2D eigenvalue weighted by Crippen LogP contribution is -2.29. The van der Waals surface area contributed by atoms with Crippen molar-refractivity contribution in [2.45, 2.75) is 31.6 Å². The zero-order valence-corrected chi connectivity index (χ0v) is 12.6. The van der Waals surface area contributed by atoms with E-state index in [1.54, 1.807) is 17.9 Å². The Morgan fingerprint density at radius 3 is 2.70 bits per heavy atom. The molecule has 1 unspecified atom stereocenters. The van der Waals surface area contributed by atoms with E-state index in [1.165, 1.54) is 12.1 Å². The number of aryl methyl sites for hydroxylation is 1. The Kier molecular flexibility index (Phi) is 4.15. The molecule has 1 fully saturated rings. The summed E-state index contributed by atoms with van der Waals surface area (Å²) in [6.07, 6.45) is 2.07. The molecular weight excluding hydrogens is 276 g/mol. The summed E-state index contributed by atoms with van der Waals surface area (Å²) in [5.74, 6) is 0.435. The Bertz CT molecular complexity index is 625. The third kappa shape index (κ3) is 3.02. The minimum Gasteiger partial charge on any atom is -0.338 e. The molecule has 5 nitrogen and oxygen atoms in total. The molecule has 0 saturated carbocycles. The van der Waals surface area contributed by atoms with Crippen LogP contribution in [0.15, 0.2) is 23.1 Å². The third-order valence-corrected chi connectivity index (χ3v) is 4.83. The number of rotatable bonds is 3. The van der Waals surface area contributed by atoms with Gasteiger partial charge in [-0.15, -0.1) is 0 Å². The second-order valence-electron chi connectivity index (χ2n) is 5.34. The predicted octanol–water partition coefficient (Wildman–Crippen LogP) is 1.51. The number of hydrogen-bond acceptors (Lipinski definition) is 3. The summed E-state index contributed by atoms with van der Waals surface area (Å²) in [6, 6.07) is 4.44. The zero-order chi connectivity index (χ0) is 14.9. The van der Waals surface area contributed by atoms with Crippen molar-refractivity contribution in [3.05, 3.63) is 29.3 Å². The van der Waals surface area contributed by atoms with Gasteiger partial charge in [-0.1, -0.05) is 19.4 Å². The van der Waals surface area contributed by atoms with Crippen LogP contribution in [-0.4, -0.2) is 32.3 Å². The molecule has 1 saturated heterocycles. The van der Waals surface area contributed by atoms with E-state index < -0.39 is 10.0 Å². The first kappa shape index (κ1) is 15.0. The number of likely N-dealkylation sites (tertiary alicyclic amines) is 1. The second kappa shape index (κ2) is 5.54. The molecule has 1 atom stereocenters. The molecule has 1 aromatic carbocycles. The van der Waals surface area contributed by atoms with Crippen LogP contribution in [0.25, 0.3) is 0 Å². The lowest BCUT2D eigenvalue weighted by atomic mass is 10.1. The Balaban J connectivity index is 2.30. The smallest absolute Gasteiger partial charge is 0.254 e. The van der Waals surface area contributed by atoms with E-state index in [0.29, 0.717) is 11.5 Å². The first-order chi connectivity index (χ1) is 9.32. The SMILES string of the molecule is CCC1CCN(C(=O)c2cc(S(N)(=O)=O)ccc2C)C1. The largest absolute Gasteiger partial charge is 0.338 e. The number of hydrogen-bond donors (Lipinski definition) is 1. The molecule has 1 aliphatic rings. The van der Waals surface area contributed by atoms with Gasteiger partial charge in [-0.2, -0.15) is 0 Å². The summed E-state index contributed by atoms with van der Waals surface area (Å²) in [6.45, 7) is 5.39. The molecule has 0 spiro atoms. The normalized spacial score (nSPS) is 19.4. The van der Waals surface area contributed by atoms with Crippen LogP contribution in [0, 0.1) is 12.8 Å². The quantitative estimate of drug-likeness (QED) is 0.918. The van der Waals surface area contributed by atoms with Crippen LogP contribution >= 0.6 is 0 Å². The van der Waals surface area contributed by atoms with Gasteiger partial charge in [0.05, 0.1) is 4.90 Å². The molecule has 2 rings (SSSR count). The molecule has 0 aliphatic carbocycles. The molecule has 20 heavy (non-hydrogen) atoms. The summed E-state index contributed by atoms with van der Waals surface area (Å²) < 4.78 is 22.8. The molecule has 2 N–H and O–H groups in total. The second-order valence-corrected chi connectivity index (χ2v) is 6.90. The highest BCUT2D eigenvalue weighted by Gasteiger charge is 2.27. The molecule has 0 bridgehead atoms. The summed E-state index contributed by atoms with van der Waals surface area (Å²) in [4.78, 5) is 14.3. The van der Waals surface area contributed by atoms with Gasteiger partial charge in [0.2, 0.25) is 10.0 Å². The average molecular weight is 296 g/mol. The van der Waals surface area contributed by atoms with Crippen molar-refractivity contribution in [1.29, 1.82) is 0 Å². The number of carbonyl (C=O) groups is 1. The van der Waals surface area contributed by atoms with Crippen LogP contribution in [0.2, 0.25) is 0 Å². The van der Waals surface area contributed by atoms with Crippen LogP contribution in [0.3, 0.4) is 0 Å². The Labute approximate surface area is 119 Å². The molecule has 6 heteroatoms. The molecule has 110 valence electrons. The van der Waals surface area contributed by atoms with Gasteiger partial charge in [0, 0.05) is 18.7 Å². The number of nitrogens with zero attached hydrogens (tertiary/aromatic N) is 1. The lowest BCUT2D eigenvalue weighted by molar-refractivity contribution is 0.0786. The Morgan fingerprint density at radius 1 is 1.45 bits per heavy atom. The van der Waals surface area contributed by atoms with Gasteiger partial charge >= 0.3 is 0 Å². The van der Waals surface area contributed by atoms with Crippen LogP contribution in [0.4, 0.5) is 0 Å². The molecule has 1 aliphatic heterocycles. The van der Waals surface area contributed by atoms with Gasteiger partial charge in [0.15, 0.2) is 0 Å². The highest BCUT2D eigenvalue weighted by Crippen LogP contribution is 2.23. The van der Waals surface area contributed by atoms with Crippen molar-refractivity contribution in [3.63, 3.8) is 0 Å². The highest BCUT2D eigenvalue weighted by atomic mass is 32.2. The fraction of sp³-hybridized carbons (Fsp3) is 0.500. The van der Waals surface area contributed by atoms with Crippen molar-refractivity contribution in [2.75, 3.05) is 13.1 Å². The average Bonchev–Trinajstić information content (AvgIpc) is 2.86. The van der Waals surface area contributed by atoms with Crippen molar-refractivity contribution in [1.82, 2.24) is 4.90 Å². The maximum Gasteiger partial charge on any atom is 0.254 e. The first-order valence-corrected chi connectivity index (χ1v) is 8.30. The van der Waals surface area contributed by atoms with Gasteiger partial charge < -0.3 is 4.90 Å². The standard InChI is InChI=1S/C14H20N2O3S/c1-3-11-6-7-16(9-11)14(17)13-8-12(20(15,18)19)5-4-10(13)2/h4-5,8,11H,3,6-7,9H2,1-2H3,(H2,15,18,19). The zero-order valence-electron chi connectivity index (χ0n) is 11.8. The molecule has 1 heterocycles. The van der Waals surface area contributed by atoms with Gasteiger partial charge in [0.1, 0.15) is 0 Å². The van der Waals surface area contributed by atoms with Gasteiger partial charge in [-0.25, -0.2) is 13.6 Å². The maximum absolute atomic E-state index is 12.5. The topological polar surface area (TPSA) is 80.5 Å². The minimum atomic E-state index is -3.79. The lowest BCUT2D eigenvalue weighted by Gasteiger charge is -2.18. The maximum atomic E-state index is 12.5. The van der Waals surface area contributed by atoms with Gasteiger partial charge in [-0.3, -0.25) is 4.79 Å². The molecule has 1 aromatic rings. The van der Waals surface area contributed by atoms with Crippen LogP contribution < -0.4 is 5.14 Å². The van der Waals surface area contributed by atoms with Gasteiger partial charge in [0.25, 0.3) is 5.91 Å². The third-order valence-electron chi connectivity index (χ3n) is 3.92. The number of nitrogens with two attached hydrogens (primary N) is 1. The molecule has 0 radical (unpaired) electrons. The Hall–Kier alpha value is -1.40. The number of carbonyl (C=O) groups excluding carboxylic acids is 1. The van der Waals surface area contributed by atoms with E-state index in [9.17, 15) is 13.2 Å². The van der Waals surface area contributed by atoms with Crippen LogP contribution in [0.5, 0.6) is 0 Å². The summed E-state index contributed by atoms with van der Waals surface area (Å²) >= 11 is 0. The van der Waals surface area contributed by atoms with E-state index in [0.717, 1.165) is 31.5 Å². The van der Waals surface area contributed by atoms with Crippen molar-refractivity contribution in [3.8, 4) is 0 Å². The number of benzene rings is 1. The van der Waals surface area contributed by atoms with E-state index in [-0.39, 0.29) is 10.8 Å². The van der Waals surface area contributed by atoms with Crippen LogP contribution in [0.1, 0.15) is 35.7 Å². The fourth-order valence-corrected chi connectivity index (χ4v) is 3.07. The van der Waals surface area contributed by atoms with Gasteiger partial charge in [-0.05, 0) is 37.0 Å². The Morgan fingerprint density at radius 2 is 2.15 bits per heavy atom. The van der Waals surface area contributed by atoms with E-state index in [1.807, 2.05) is 0 Å². The van der Waals surface area contributed by atoms with Crippen molar-refractivity contribution >= 4 is 15.9 Å². The van der Waals surface area contributed by atoms with E-state index >= 15 is 0 Å². The molecular formula is C14H20N2O3S. The molecule has 1 amide bonds. The van der Waals surface area contributed by atoms with Crippen molar-refractivity contribution < 1.29 is 13.2 Å². The first-order valence-electron chi connectivity index (χ1n) is 6.75. The predicted molar refractivity (Wildman–Crippen MR) is 76.9 cm³/mol. The monoisotopic (exact) mass is 296 g/mol. The number of primary sulfonamides is 1. The number of amides is 1. The van der Waals surface area contributed by atoms with Crippen molar-refractivity contribution in [2.24, 2.45) is 11.1 Å². The highest BCUT2D eigenvalue weighted by molar-refractivity contribution is 7.89. The van der Waals surface area contributed by atoms with Crippen LogP contribution in [-0.2, 0) is 10.0 Å². The fourth-order valence-electron chi connectivity index (χ4n) is 2.53.